The van der Waals surface area contributed by atoms with E-state index in [2.05, 4.69) is 37.3 Å². The molecule has 0 unspecified atom stereocenters. The second-order valence-electron chi connectivity index (χ2n) is 5.11. The van der Waals surface area contributed by atoms with E-state index >= 15 is 0 Å². The number of nitrogens with one attached hydrogen (secondary N) is 1. The van der Waals surface area contributed by atoms with Crippen LogP contribution in [0.1, 0.15) is 11.9 Å². The molecule has 3 aromatic heterocycles. The van der Waals surface area contributed by atoms with Crippen LogP contribution in [0.2, 0.25) is 0 Å². The molecule has 0 spiro atoms. The van der Waals surface area contributed by atoms with Gasteiger partial charge in [0.1, 0.15) is 10.7 Å². The maximum absolute atomic E-state index is 12.1. The smallest absolute Gasteiger partial charge is 0.236 e. The van der Waals surface area contributed by atoms with Gasteiger partial charge in [-0.1, -0.05) is 42.2 Å². The van der Waals surface area contributed by atoms with E-state index in [0.29, 0.717) is 22.7 Å². The van der Waals surface area contributed by atoms with Crippen molar-refractivity contribution < 1.29 is 4.79 Å². The van der Waals surface area contributed by atoms with Gasteiger partial charge in [-0.15, -0.1) is 27.0 Å². The van der Waals surface area contributed by atoms with E-state index in [1.165, 1.54) is 23.1 Å². The molecule has 0 bridgehead atoms. The predicted molar refractivity (Wildman–Crippen MR) is 102 cm³/mol. The molecule has 0 fully saturated rings. The Labute approximate surface area is 158 Å². The normalized spacial score (nSPS) is 10.7. The van der Waals surface area contributed by atoms with Gasteiger partial charge in [0.25, 0.3) is 0 Å². The highest BCUT2D eigenvalue weighted by Crippen LogP contribution is 2.23. The first kappa shape index (κ1) is 18.2. The van der Waals surface area contributed by atoms with Crippen LogP contribution in [0, 0.1) is 0 Å². The Kier molecular flexibility index (Phi) is 6.08. The summed E-state index contributed by atoms with van der Waals surface area (Å²) >= 11 is 2.68. The van der Waals surface area contributed by atoms with Crippen molar-refractivity contribution in [1.82, 2.24) is 29.9 Å². The fraction of sp³-hybridized carbons (Fsp3) is 0.250. The van der Waals surface area contributed by atoms with E-state index in [-0.39, 0.29) is 11.7 Å². The van der Waals surface area contributed by atoms with Gasteiger partial charge in [0.2, 0.25) is 11.0 Å². The molecule has 134 valence electrons. The second kappa shape index (κ2) is 8.68. The van der Waals surface area contributed by atoms with Crippen LogP contribution in [-0.2, 0) is 17.8 Å². The maximum Gasteiger partial charge on any atom is 0.236 e. The number of rotatable bonds is 8. The molecule has 1 amide bonds. The number of pyridine rings is 1. The third-order valence-electron chi connectivity index (χ3n) is 3.27. The molecule has 3 rings (SSSR count). The van der Waals surface area contributed by atoms with Crippen LogP contribution in [-0.4, -0.2) is 41.6 Å². The van der Waals surface area contributed by atoms with Gasteiger partial charge in [0.15, 0.2) is 11.0 Å². The van der Waals surface area contributed by atoms with E-state index in [1.807, 2.05) is 29.7 Å². The fourth-order valence-corrected chi connectivity index (χ4v) is 3.55. The Hall–Kier alpha value is -2.59. The minimum absolute atomic E-state index is 0.165. The number of aryl methyl sites for hydroxylation is 1. The van der Waals surface area contributed by atoms with Crippen molar-refractivity contribution in [3.63, 3.8) is 0 Å². The SMILES string of the molecule is C=CCn1c(SCC(=O)Nc2nnc(CC)s2)nnc1-c1ccccn1. The number of allylic oxidation sites excluding steroid dienone is 1. The first-order chi connectivity index (χ1) is 12.7. The van der Waals surface area contributed by atoms with Crippen molar-refractivity contribution in [3.05, 3.63) is 42.1 Å². The molecule has 0 atom stereocenters. The Morgan fingerprint density at radius 3 is 2.92 bits per heavy atom. The third kappa shape index (κ3) is 4.33. The summed E-state index contributed by atoms with van der Waals surface area (Å²) in [4.78, 5) is 16.5. The van der Waals surface area contributed by atoms with Gasteiger partial charge in [-0.3, -0.25) is 19.7 Å². The Bertz CT molecular complexity index is 891. The van der Waals surface area contributed by atoms with E-state index in [4.69, 9.17) is 0 Å². The van der Waals surface area contributed by atoms with Gasteiger partial charge < -0.3 is 0 Å². The zero-order valence-electron chi connectivity index (χ0n) is 14.1. The van der Waals surface area contributed by atoms with Gasteiger partial charge in [-0.2, -0.15) is 0 Å². The minimum Gasteiger partial charge on any atom is -0.300 e. The van der Waals surface area contributed by atoms with Gasteiger partial charge in [-0.05, 0) is 18.6 Å². The summed E-state index contributed by atoms with van der Waals surface area (Å²) in [6.07, 6.45) is 4.26. The Balaban J connectivity index is 1.68. The van der Waals surface area contributed by atoms with Crippen LogP contribution < -0.4 is 5.32 Å². The van der Waals surface area contributed by atoms with Gasteiger partial charge in [-0.25, -0.2) is 0 Å². The molecule has 8 nitrogen and oxygen atoms in total. The average Bonchev–Trinajstić information content (AvgIpc) is 3.28. The first-order valence-corrected chi connectivity index (χ1v) is 9.72. The summed E-state index contributed by atoms with van der Waals surface area (Å²) in [5, 5.41) is 21.1. The lowest BCUT2D eigenvalue weighted by atomic mass is 10.3. The van der Waals surface area contributed by atoms with Crippen LogP contribution in [0.4, 0.5) is 5.13 Å². The third-order valence-corrected chi connectivity index (χ3v) is 5.22. The lowest BCUT2D eigenvalue weighted by Gasteiger charge is -2.07. The molecule has 3 heterocycles. The predicted octanol–water partition coefficient (Wildman–Crippen LogP) is 2.67. The lowest BCUT2D eigenvalue weighted by molar-refractivity contribution is -0.113. The van der Waals surface area contributed by atoms with Gasteiger partial charge in [0, 0.05) is 12.7 Å². The van der Waals surface area contributed by atoms with E-state index in [1.54, 1.807) is 12.3 Å². The second-order valence-corrected chi connectivity index (χ2v) is 7.12. The van der Waals surface area contributed by atoms with Crippen molar-refractivity contribution in [2.24, 2.45) is 0 Å². The highest BCUT2D eigenvalue weighted by atomic mass is 32.2. The number of nitrogens with zero attached hydrogens (tertiary/aromatic N) is 6. The lowest BCUT2D eigenvalue weighted by Crippen LogP contribution is -2.14. The molecule has 3 aromatic rings. The van der Waals surface area contributed by atoms with Crippen molar-refractivity contribution in [1.29, 1.82) is 0 Å². The van der Waals surface area contributed by atoms with Gasteiger partial charge >= 0.3 is 0 Å². The van der Waals surface area contributed by atoms with Crippen LogP contribution in [0.5, 0.6) is 0 Å². The van der Waals surface area contributed by atoms with E-state index in [0.717, 1.165) is 17.1 Å². The standard InChI is InChI=1S/C16H17N7OS2/c1-3-9-23-14(11-7-5-6-8-17-11)20-22-16(23)25-10-12(24)18-15-21-19-13(4-2)26-15/h3,5-8H,1,4,9-10H2,2H3,(H,18,21,24). The van der Waals surface area contributed by atoms with Gasteiger partial charge in [0.05, 0.1) is 5.75 Å². The topological polar surface area (TPSA) is 98.5 Å². The average molecular weight is 387 g/mol. The summed E-state index contributed by atoms with van der Waals surface area (Å²) in [5.41, 5.74) is 0.721. The number of hydrogen-bond donors (Lipinski definition) is 1. The Morgan fingerprint density at radius 2 is 2.23 bits per heavy atom. The molecular formula is C16H17N7OS2. The number of carbonyl (C=O) groups excluding carboxylic acids is 1. The molecule has 0 aromatic carbocycles. The quantitative estimate of drug-likeness (QED) is 0.469. The molecule has 0 aliphatic carbocycles. The fourth-order valence-electron chi connectivity index (χ4n) is 2.11. The summed E-state index contributed by atoms with van der Waals surface area (Å²) in [6, 6.07) is 5.60. The molecule has 26 heavy (non-hydrogen) atoms. The van der Waals surface area contributed by atoms with E-state index < -0.39 is 0 Å². The van der Waals surface area contributed by atoms with Crippen LogP contribution in [0.15, 0.2) is 42.2 Å². The Morgan fingerprint density at radius 1 is 1.35 bits per heavy atom. The molecule has 0 radical (unpaired) electrons. The summed E-state index contributed by atoms with van der Waals surface area (Å²) in [6.45, 7) is 6.29. The number of amides is 1. The van der Waals surface area contributed by atoms with Crippen LogP contribution in [0.3, 0.4) is 0 Å². The summed E-state index contributed by atoms with van der Waals surface area (Å²) in [5.74, 6) is 0.671. The largest absolute Gasteiger partial charge is 0.300 e. The van der Waals surface area contributed by atoms with Crippen LogP contribution in [0.25, 0.3) is 11.5 Å². The molecule has 0 aliphatic heterocycles. The zero-order valence-corrected chi connectivity index (χ0v) is 15.8. The number of aromatic nitrogens is 6. The molecule has 0 saturated carbocycles. The molecule has 1 N–H and O–H groups in total. The van der Waals surface area contributed by atoms with Crippen molar-refractivity contribution in [2.45, 2.75) is 25.0 Å². The molecule has 0 saturated heterocycles. The number of anilines is 1. The number of thioether (sulfide) groups is 1. The number of carbonyl (C=O) groups is 1. The minimum atomic E-state index is -0.165. The van der Waals surface area contributed by atoms with Crippen molar-refractivity contribution in [3.8, 4) is 11.5 Å². The maximum atomic E-state index is 12.1. The molecular weight excluding hydrogens is 370 g/mol. The highest BCUT2D eigenvalue weighted by molar-refractivity contribution is 7.99. The summed E-state index contributed by atoms with van der Waals surface area (Å²) < 4.78 is 1.88. The highest BCUT2D eigenvalue weighted by Gasteiger charge is 2.16. The summed E-state index contributed by atoms with van der Waals surface area (Å²) in [7, 11) is 0. The number of hydrogen-bond acceptors (Lipinski definition) is 8. The molecule has 0 aliphatic rings. The van der Waals surface area contributed by atoms with E-state index in [9.17, 15) is 4.79 Å². The first-order valence-electron chi connectivity index (χ1n) is 7.91. The van der Waals surface area contributed by atoms with Crippen LogP contribution >= 0.6 is 23.1 Å². The zero-order chi connectivity index (χ0) is 18.4. The molecule has 10 heteroatoms. The van der Waals surface area contributed by atoms with Crippen molar-refractivity contribution in [2.75, 3.05) is 11.1 Å². The monoisotopic (exact) mass is 387 g/mol. The van der Waals surface area contributed by atoms with Crippen molar-refractivity contribution >= 4 is 34.1 Å².